The molecule has 0 atom stereocenters. The molecule has 0 radical (unpaired) electrons. The van der Waals surface area contributed by atoms with Gasteiger partial charge in [-0.3, -0.25) is 14.5 Å². The molecule has 2 heterocycles. The Morgan fingerprint density at radius 2 is 1.48 bits per heavy atom. The highest BCUT2D eigenvalue weighted by atomic mass is 16.2. The highest BCUT2D eigenvalue weighted by molar-refractivity contribution is 6.23. The Bertz CT molecular complexity index is 1690. The van der Waals surface area contributed by atoms with Gasteiger partial charge < -0.3 is 4.57 Å². The van der Waals surface area contributed by atoms with Crippen molar-refractivity contribution in [1.82, 2.24) is 9.47 Å². The molecule has 5 nitrogen and oxygen atoms in total. The number of nitriles is 1. The second kappa shape index (κ2) is 6.91. The fraction of sp³-hybridized carbons (Fsp3) is 0.0357. The van der Waals surface area contributed by atoms with Gasteiger partial charge in [-0.1, -0.05) is 42.5 Å². The van der Waals surface area contributed by atoms with Crippen LogP contribution in [0.3, 0.4) is 0 Å². The molecular weight excluding hydrogens is 410 g/mol. The van der Waals surface area contributed by atoms with Gasteiger partial charge in [0.25, 0.3) is 11.8 Å². The maximum Gasteiger partial charge on any atom is 0.263 e. The van der Waals surface area contributed by atoms with Crippen LogP contribution in [-0.4, -0.2) is 28.3 Å². The first kappa shape index (κ1) is 19.0. The molecular formula is C28H17N3O2. The Hall–Kier alpha value is -4.69. The smallest absolute Gasteiger partial charge is 0.263 e. The maximum absolute atomic E-state index is 13.0. The number of para-hydroxylation sites is 1. The average Bonchev–Trinajstić information content (AvgIpc) is 3.31. The molecule has 5 aromatic rings. The van der Waals surface area contributed by atoms with Crippen LogP contribution in [0.5, 0.6) is 0 Å². The SMILES string of the molecule is CN1C(=O)c2cccc(-n3c4ccccc4c4cc(-c5cccc(C#N)c5)ccc43)c2C1=O. The number of hydrogen-bond acceptors (Lipinski definition) is 3. The Kier molecular flexibility index (Phi) is 3.98. The van der Waals surface area contributed by atoms with Crippen LogP contribution in [-0.2, 0) is 0 Å². The fourth-order valence-corrected chi connectivity index (χ4v) is 4.75. The lowest BCUT2D eigenvalue weighted by atomic mass is 10.0. The second-order valence-corrected chi connectivity index (χ2v) is 8.15. The number of nitrogens with zero attached hydrogens (tertiary/aromatic N) is 3. The Morgan fingerprint density at radius 1 is 0.727 bits per heavy atom. The quantitative estimate of drug-likeness (QED) is 0.347. The number of hydrogen-bond donors (Lipinski definition) is 0. The molecule has 4 aromatic carbocycles. The molecule has 5 heteroatoms. The molecule has 1 aliphatic rings. The minimum Gasteiger partial charge on any atom is -0.308 e. The van der Waals surface area contributed by atoms with E-state index in [2.05, 4.69) is 22.8 Å². The summed E-state index contributed by atoms with van der Waals surface area (Å²) in [6.45, 7) is 0. The van der Waals surface area contributed by atoms with E-state index in [9.17, 15) is 14.9 Å². The van der Waals surface area contributed by atoms with Crippen molar-refractivity contribution in [2.75, 3.05) is 7.05 Å². The summed E-state index contributed by atoms with van der Waals surface area (Å²) in [7, 11) is 1.52. The highest BCUT2D eigenvalue weighted by Gasteiger charge is 2.35. The number of aromatic nitrogens is 1. The van der Waals surface area contributed by atoms with Crippen LogP contribution >= 0.6 is 0 Å². The van der Waals surface area contributed by atoms with Crippen molar-refractivity contribution < 1.29 is 9.59 Å². The molecule has 0 spiro atoms. The van der Waals surface area contributed by atoms with Crippen LogP contribution in [0.25, 0.3) is 38.6 Å². The van der Waals surface area contributed by atoms with Crippen molar-refractivity contribution >= 4 is 33.6 Å². The molecule has 0 saturated heterocycles. The topological polar surface area (TPSA) is 66.1 Å². The molecule has 156 valence electrons. The van der Waals surface area contributed by atoms with Crippen molar-refractivity contribution in [1.29, 1.82) is 5.26 Å². The van der Waals surface area contributed by atoms with Crippen LogP contribution < -0.4 is 0 Å². The predicted octanol–water partition coefficient (Wildman–Crippen LogP) is 5.55. The summed E-state index contributed by atoms with van der Waals surface area (Å²) >= 11 is 0. The number of carbonyl (C=O) groups excluding carboxylic acids is 2. The monoisotopic (exact) mass is 427 g/mol. The van der Waals surface area contributed by atoms with Crippen LogP contribution in [0.4, 0.5) is 0 Å². The number of carbonyl (C=O) groups is 2. The van der Waals surface area contributed by atoms with E-state index < -0.39 is 0 Å². The summed E-state index contributed by atoms with van der Waals surface area (Å²) in [6, 6.07) is 29.4. The largest absolute Gasteiger partial charge is 0.308 e. The van der Waals surface area contributed by atoms with Crippen molar-refractivity contribution in [2.45, 2.75) is 0 Å². The first-order valence-electron chi connectivity index (χ1n) is 10.6. The molecule has 0 bridgehead atoms. The van der Waals surface area contributed by atoms with Gasteiger partial charge in [0, 0.05) is 17.8 Å². The lowest BCUT2D eigenvalue weighted by molar-refractivity contribution is 0.0693. The van der Waals surface area contributed by atoms with Crippen molar-refractivity contribution in [3.8, 4) is 22.9 Å². The van der Waals surface area contributed by atoms with Crippen LogP contribution in [0, 0.1) is 11.3 Å². The number of fused-ring (bicyclic) bond motifs is 4. The van der Waals surface area contributed by atoms with Crippen molar-refractivity contribution in [3.05, 3.63) is 102 Å². The van der Waals surface area contributed by atoms with E-state index in [1.54, 1.807) is 12.1 Å². The number of benzene rings is 4. The van der Waals surface area contributed by atoms with Gasteiger partial charge in [0.1, 0.15) is 0 Å². The van der Waals surface area contributed by atoms with Gasteiger partial charge in [0.15, 0.2) is 0 Å². The molecule has 0 unspecified atom stereocenters. The third-order valence-corrected chi connectivity index (χ3v) is 6.33. The summed E-state index contributed by atoms with van der Waals surface area (Å²) in [5.41, 5.74) is 6.04. The lowest BCUT2D eigenvalue weighted by Crippen LogP contribution is -2.24. The van der Waals surface area contributed by atoms with Gasteiger partial charge in [-0.15, -0.1) is 0 Å². The third kappa shape index (κ3) is 2.65. The first-order valence-corrected chi connectivity index (χ1v) is 10.6. The van der Waals surface area contributed by atoms with Gasteiger partial charge in [-0.25, -0.2) is 0 Å². The summed E-state index contributed by atoms with van der Waals surface area (Å²) in [6.07, 6.45) is 0. The van der Waals surface area contributed by atoms with E-state index in [0.29, 0.717) is 22.4 Å². The lowest BCUT2D eigenvalue weighted by Gasteiger charge is -2.12. The molecule has 0 N–H and O–H groups in total. The van der Waals surface area contributed by atoms with Gasteiger partial charge in [0.05, 0.1) is 39.5 Å². The summed E-state index contributed by atoms with van der Waals surface area (Å²) in [4.78, 5) is 26.7. The standard InChI is InChI=1S/C28H17N3O2/c1-30-27(32)21-9-5-11-25(26(21)28(30)33)31-23-10-3-2-8-20(23)22-15-19(12-13-24(22)31)18-7-4-6-17(14-18)16-29/h2-15H,1H3. The summed E-state index contributed by atoms with van der Waals surface area (Å²) in [5.74, 6) is -0.571. The van der Waals surface area contributed by atoms with E-state index in [1.165, 1.54) is 11.9 Å². The van der Waals surface area contributed by atoms with Gasteiger partial charge in [0.2, 0.25) is 0 Å². The molecule has 0 aliphatic carbocycles. The minimum absolute atomic E-state index is 0.280. The zero-order valence-electron chi connectivity index (χ0n) is 17.7. The Morgan fingerprint density at radius 3 is 2.33 bits per heavy atom. The molecule has 0 saturated carbocycles. The van der Waals surface area contributed by atoms with E-state index in [4.69, 9.17) is 0 Å². The normalized spacial score (nSPS) is 13.0. The molecule has 1 aliphatic heterocycles. The number of rotatable bonds is 2. The first-order chi connectivity index (χ1) is 16.1. The van der Waals surface area contributed by atoms with Crippen LogP contribution in [0.2, 0.25) is 0 Å². The van der Waals surface area contributed by atoms with E-state index in [0.717, 1.165) is 32.9 Å². The fourth-order valence-electron chi connectivity index (χ4n) is 4.75. The van der Waals surface area contributed by atoms with Crippen LogP contribution in [0.15, 0.2) is 84.9 Å². The van der Waals surface area contributed by atoms with Gasteiger partial charge >= 0.3 is 0 Å². The van der Waals surface area contributed by atoms with Crippen molar-refractivity contribution in [3.63, 3.8) is 0 Å². The maximum atomic E-state index is 13.0. The zero-order chi connectivity index (χ0) is 22.7. The predicted molar refractivity (Wildman–Crippen MR) is 127 cm³/mol. The highest BCUT2D eigenvalue weighted by Crippen LogP contribution is 2.37. The van der Waals surface area contributed by atoms with Gasteiger partial charge in [-0.2, -0.15) is 5.26 Å². The number of imide groups is 1. The van der Waals surface area contributed by atoms with E-state index >= 15 is 0 Å². The third-order valence-electron chi connectivity index (χ3n) is 6.33. The number of amides is 2. The van der Waals surface area contributed by atoms with Crippen LogP contribution in [0.1, 0.15) is 26.3 Å². The Labute approximate surface area is 189 Å². The second-order valence-electron chi connectivity index (χ2n) is 8.15. The minimum atomic E-state index is -0.290. The Balaban J connectivity index is 1.66. The molecule has 33 heavy (non-hydrogen) atoms. The summed E-state index contributed by atoms with van der Waals surface area (Å²) in [5, 5.41) is 11.4. The van der Waals surface area contributed by atoms with Gasteiger partial charge in [-0.05, 0) is 53.6 Å². The zero-order valence-corrected chi connectivity index (χ0v) is 17.7. The molecule has 1 aromatic heterocycles. The van der Waals surface area contributed by atoms with E-state index in [-0.39, 0.29) is 11.8 Å². The van der Waals surface area contributed by atoms with Crippen molar-refractivity contribution in [2.24, 2.45) is 0 Å². The molecule has 2 amide bonds. The summed E-state index contributed by atoms with van der Waals surface area (Å²) < 4.78 is 2.06. The molecule has 0 fully saturated rings. The average molecular weight is 427 g/mol. The molecule has 6 rings (SSSR count). The van der Waals surface area contributed by atoms with E-state index in [1.807, 2.05) is 60.7 Å².